The van der Waals surface area contributed by atoms with Crippen molar-refractivity contribution in [3.8, 4) is 0 Å². The van der Waals surface area contributed by atoms with Gasteiger partial charge in [-0.2, -0.15) is 0 Å². The predicted molar refractivity (Wildman–Crippen MR) is 70.8 cm³/mol. The average molecular weight is 255 g/mol. The molecule has 5 nitrogen and oxygen atoms in total. The highest BCUT2D eigenvalue weighted by Crippen LogP contribution is 2.28. The molecule has 0 aliphatic heterocycles. The third-order valence-electron chi connectivity index (χ3n) is 3.80. The maximum atomic E-state index is 12.0. The highest BCUT2D eigenvalue weighted by atomic mass is 16.2. The monoisotopic (exact) mass is 255 g/mol. The van der Waals surface area contributed by atoms with Crippen molar-refractivity contribution < 1.29 is 9.59 Å². The smallest absolute Gasteiger partial charge is 0.241 e. The Labute approximate surface area is 109 Å². The molecule has 18 heavy (non-hydrogen) atoms. The number of likely N-dealkylation sites (N-methyl/N-ethyl adjacent to an activating group) is 1. The fraction of sp³-hybridized carbons (Fsp3) is 0.846. The van der Waals surface area contributed by atoms with E-state index in [0.29, 0.717) is 19.0 Å². The van der Waals surface area contributed by atoms with Gasteiger partial charge in [-0.1, -0.05) is 6.42 Å². The molecule has 0 aromatic heterocycles. The molecule has 0 heterocycles. The van der Waals surface area contributed by atoms with Crippen LogP contribution in [0.2, 0.25) is 0 Å². The van der Waals surface area contributed by atoms with Gasteiger partial charge >= 0.3 is 0 Å². The minimum absolute atomic E-state index is 0.00556. The average Bonchev–Trinajstić information content (AvgIpc) is 2.43. The molecule has 0 spiro atoms. The quantitative estimate of drug-likeness (QED) is 0.744. The molecular formula is C13H25N3O2. The summed E-state index contributed by atoms with van der Waals surface area (Å²) in [5.41, 5.74) is 5.65. The van der Waals surface area contributed by atoms with Gasteiger partial charge in [0.25, 0.3) is 0 Å². The molecule has 1 rings (SSSR count). The summed E-state index contributed by atoms with van der Waals surface area (Å²) in [4.78, 5) is 25.1. The van der Waals surface area contributed by atoms with E-state index >= 15 is 0 Å². The second-order valence-corrected chi connectivity index (χ2v) is 5.09. The Hall–Kier alpha value is -1.10. The lowest BCUT2D eigenvalue weighted by Crippen LogP contribution is -2.41. The number of hydrogen-bond acceptors (Lipinski definition) is 3. The third kappa shape index (κ3) is 4.29. The molecule has 3 N–H and O–H groups in total. The molecule has 1 saturated carbocycles. The zero-order valence-corrected chi connectivity index (χ0v) is 11.4. The van der Waals surface area contributed by atoms with Crippen LogP contribution < -0.4 is 11.1 Å². The minimum atomic E-state index is -0.0444. The maximum absolute atomic E-state index is 12.0. The van der Waals surface area contributed by atoms with Gasteiger partial charge in [-0.05, 0) is 38.6 Å². The molecule has 2 atom stereocenters. The van der Waals surface area contributed by atoms with Crippen LogP contribution in [0.4, 0.5) is 0 Å². The number of carbonyl (C=O) groups excluding carboxylic acids is 2. The van der Waals surface area contributed by atoms with Gasteiger partial charge < -0.3 is 16.0 Å². The molecule has 1 aliphatic carbocycles. The van der Waals surface area contributed by atoms with E-state index in [-0.39, 0.29) is 24.3 Å². The Morgan fingerprint density at radius 3 is 2.72 bits per heavy atom. The van der Waals surface area contributed by atoms with E-state index in [0.717, 1.165) is 25.7 Å². The highest BCUT2D eigenvalue weighted by Gasteiger charge is 2.26. The largest absolute Gasteiger partial charge is 0.347 e. The van der Waals surface area contributed by atoms with Crippen molar-refractivity contribution in [1.82, 2.24) is 10.2 Å². The SMILES string of the molecule is CCN(C)C(=O)CNC(=O)C1CCCC(CN)C1. The van der Waals surface area contributed by atoms with Crippen molar-refractivity contribution in [2.75, 3.05) is 26.7 Å². The number of carbonyl (C=O) groups is 2. The molecule has 0 bridgehead atoms. The topological polar surface area (TPSA) is 75.4 Å². The molecule has 1 aliphatic rings. The lowest BCUT2D eigenvalue weighted by molar-refractivity contribution is -0.133. The summed E-state index contributed by atoms with van der Waals surface area (Å²) >= 11 is 0. The summed E-state index contributed by atoms with van der Waals surface area (Å²) in [5, 5.41) is 2.74. The second kappa shape index (κ2) is 7.36. The number of hydrogen-bond donors (Lipinski definition) is 2. The summed E-state index contributed by atoms with van der Waals surface area (Å²) in [6, 6.07) is 0. The summed E-state index contributed by atoms with van der Waals surface area (Å²) < 4.78 is 0. The van der Waals surface area contributed by atoms with Crippen LogP contribution in [0, 0.1) is 11.8 Å². The lowest BCUT2D eigenvalue weighted by atomic mass is 9.81. The van der Waals surface area contributed by atoms with Crippen LogP contribution in [0.15, 0.2) is 0 Å². The highest BCUT2D eigenvalue weighted by molar-refractivity contribution is 5.85. The van der Waals surface area contributed by atoms with Crippen molar-refractivity contribution in [3.05, 3.63) is 0 Å². The van der Waals surface area contributed by atoms with Crippen molar-refractivity contribution >= 4 is 11.8 Å². The molecule has 1 fully saturated rings. The summed E-state index contributed by atoms with van der Waals surface area (Å²) in [6.45, 7) is 3.33. The standard InChI is InChI=1S/C13H25N3O2/c1-3-16(2)12(17)9-15-13(18)11-6-4-5-10(7-11)8-14/h10-11H,3-9,14H2,1-2H3,(H,15,18). The van der Waals surface area contributed by atoms with E-state index in [1.165, 1.54) is 0 Å². The van der Waals surface area contributed by atoms with Crippen molar-refractivity contribution in [3.63, 3.8) is 0 Å². The Balaban J connectivity index is 2.34. The Bertz CT molecular complexity index is 294. The van der Waals surface area contributed by atoms with Crippen LogP contribution in [0.3, 0.4) is 0 Å². The summed E-state index contributed by atoms with van der Waals surface area (Å²) in [5.74, 6) is 0.457. The van der Waals surface area contributed by atoms with Crippen molar-refractivity contribution in [2.45, 2.75) is 32.6 Å². The molecule has 0 aromatic rings. The van der Waals surface area contributed by atoms with Crippen LogP contribution in [0.5, 0.6) is 0 Å². The molecule has 0 aromatic carbocycles. The fourth-order valence-electron chi connectivity index (χ4n) is 2.36. The molecule has 2 unspecified atom stereocenters. The van der Waals surface area contributed by atoms with Crippen molar-refractivity contribution in [2.24, 2.45) is 17.6 Å². The van der Waals surface area contributed by atoms with Gasteiger partial charge in [-0.3, -0.25) is 9.59 Å². The van der Waals surface area contributed by atoms with Crippen molar-refractivity contribution in [1.29, 1.82) is 0 Å². The van der Waals surface area contributed by atoms with E-state index in [1.807, 2.05) is 6.92 Å². The number of amides is 2. The van der Waals surface area contributed by atoms with E-state index in [4.69, 9.17) is 5.73 Å². The first kappa shape index (κ1) is 15.0. The van der Waals surface area contributed by atoms with Gasteiger partial charge in [0.1, 0.15) is 0 Å². The molecule has 0 radical (unpaired) electrons. The number of nitrogens with one attached hydrogen (secondary N) is 1. The Morgan fingerprint density at radius 2 is 2.11 bits per heavy atom. The number of rotatable bonds is 5. The van der Waals surface area contributed by atoms with E-state index in [9.17, 15) is 9.59 Å². The molecule has 104 valence electrons. The lowest BCUT2D eigenvalue weighted by Gasteiger charge is -2.27. The normalized spacial score (nSPS) is 23.5. The zero-order valence-electron chi connectivity index (χ0n) is 11.4. The molecular weight excluding hydrogens is 230 g/mol. The number of nitrogens with zero attached hydrogens (tertiary/aromatic N) is 1. The molecule has 2 amide bonds. The van der Waals surface area contributed by atoms with Gasteiger partial charge in [-0.15, -0.1) is 0 Å². The van der Waals surface area contributed by atoms with Crippen LogP contribution in [0.1, 0.15) is 32.6 Å². The van der Waals surface area contributed by atoms with E-state index in [1.54, 1.807) is 11.9 Å². The van der Waals surface area contributed by atoms with Crippen LogP contribution in [0.25, 0.3) is 0 Å². The first-order valence-corrected chi connectivity index (χ1v) is 6.80. The molecule has 5 heteroatoms. The van der Waals surface area contributed by atoms with Gasteiger partial charge in [0.15, 0.2) is 0 Å². The van der Waals surface area contributed by atoms with Gasteiger partial charge in [0, 0.05) is 19.5 Å². The predicted octanol–water partition coefficient (Wildman–Crippen LogP) is 0.346. The van der Waals surface area contributed by atoms with Gasteiger partial charge in [0.2, 0.25) is 11.8 Å². The zero-order chi connectivity index (χ0) is 13.5. The second-order valence-electron chi connectivity index (χ2n) is 5.09. The minimum Gasteiger partial charge on any atom is -0.347 e. The van der Waals surface area contributed by atoms with Crippen LogP contribution in [-0.4, -0.2) is 43.4 Å². The van der Waals surface area contributed by atoms with E-state index in [2.05, 4.69) is 5.32 Å². The number of nitrogens with two attached hydrogens (primary N) is 1. The first-order valence-electron chi connectivity index (χ1n) is 6.80. The van der Waals surface area contributed by atoms with Crippen LogP contribution in [-0.2, 0) is 9.59 Å². The third-order valence-corrected chi connectivity index (χ3v) is 3.80. The first-order chi connectivity index (χ1) is 8.58. The van der Waals surface area contributed by atoms with Gasteiger partial charge in [-0.25, -0.2) is 0 Å². The molecule has 0 saturated heterocycles. The van der Waals surface area contributed by atoms with Crippen LogP contribution >= 0.6 is 0 Å². The van der Waals surface area contributed by atoms with E-state index < -0.39 is 0 Å². The van der Waals surface area contributed by atoms with Gasteiger partial charge in [0.05, 0.1) is 6.54 Å². The summed E-state index contributed by atoms with van der Waals surface area (Å²) in [6.07, 6.45) is 3.96. The maximum Gasteiger partial charge on any atom is 0.241 e. The Morgan fingerprint density at radius 1 is 1.39 bits per heavy atom. The Kier molecular flexibility index (Phi) is 6.12. The fourth-order valence-corrected chi connectivity index (χ4v) is 2.36. The summed E-state index contributed by atoms with van der Waals surface area (Å²) in [7, 11) is 1.74.